The molecule has 2 amide bonds. The SMILES string of the molecule is CC(C)c1ccc(-n2nc3c4c2CCN(C(=O)c2cnc(C(C)(F)F)c(OCC(N)=O)c2)C4CCCC3)cc1. The Balaban J connectivity index is 1.49. The summed E-state index contributed by atoms with van der Waals surface area (Å²) in [6, 6.07) is 9.50. The van der Waals surface area contributed by atoms with Gasteiger partial charge in [0.05, 0.1) is 28.7 Å². The van der Waals surface area contributed by atoms with Gasteiger partial charge >= 0.3 is 0 Å². The molecule has 1 aliphatic carbocycles. The molecule has 0 spiro atoms. The van der Waals surface area contributed by atoms with Gasteiger partial charge in [-0.15, -0.1) is 0 Å². The van der Waals surface area contributed by atoms with Gasteiger partial charge in [-0.2, -0.15) is 13.9 Å². The number of hydrogen-bond acceptors (Lipinski definition) is 5. The first-order chi connectivity index (χ1) is 18.5. The van der Waals surface area contributed by atoms with Crippen molar-refractivity contribution in [1.82, 2.24) is 19.7 Å². The summed E-state index contributed by atoms with van der Waals surface area (Å²) in [5.41, 5.74) is 10.1. The number of benzene rings is 1. The molecule has 1 atom stereocenters. The Bertz CT molecular complexity index is 1400. The van der Waals surface area contributed by atoms with E-state index in [1.54, 1.807) is 4.90 Å². The quantitative estimate of drug-likeness (QED) is 0.465. The van der Waals surface area contributed by atoms with Crippen LogP contribution < -0.4 is 10.5 Å². The number of amides is 2. The van der Waals surface area contributed by atoms with Crippen molar-refractivity contribution in [3.63, 3.8) is 0 Å². The van der Waals surface area contributed by atoms with E-state index >= 15 is 0 Å². The van der Waals surface area contributed by atoms with Gasteiger partial charge in [-0.1, -0.05) is 32.4 Å². The van der Waals surface area contributed by atoms with Crippen LogP contribution in [0.1, 0.15) is 90.6 Å². The van der Waals surface area contributed by atoms with Gasteiger partial charge in [0.1, 0.15) is 5.75 Å². The number of carbonyl (C=O) groups excluding carboxylic acids is 2. The number of alkyl halides is 2. The molecule has 1 aromatic carbocycles. The monoisotopic (exact) mass is 537 g/mol. The van der Waals surface area contributed by atoms with E-state index in [2.05, 4.69) is 43.1 Å². The standard InChI is InChI=1S/C29H33F2N5O3/c1-17(2)18-8-10-20(11-9-18)36-23-12-13-35(22-7-5-4-6-21(34-36)26(22)23)28(38)19-14-24(39-16-25(32)37)27(33-15-19)29(3,30)31/h8-11,14-15,17,22H,4-7,12-13,16H2,1-3H3,(H2,32,37). The maximum atomic E-state index is 14.1. The molecule has 10 heteroatoms. The molecule has 2 aliphatic rings. The molecule has 0 bridgehead atoms. The summed E-state index contributed by atoms with van der Waals surface area (Å²) in [6.07, 6.45) is 5.30. The van der Waals surface area contributed by atoms with Gasteiger partial charge in [0.2, 0.25) is 0 Å². The molecular weight excluding hydrogens is 504 g/mol. The summed E-state index contributed by atoms with van der Waals surface area (Å²) >= 11 is 0. The highest BCUT2D eigenvalue weighted by Gasteiger charge is 2.38. The van der Waals surface area contributed by atoms with Gasteiger partial charge in [0, 0.05) is 31.6 Å². The zero-order chi connectivity index (χ0) is 27.9. The van der Waals surface area contributed by atoms with Crippen LogP contribution in [0.2, 0.25) is 0 Å². The first-order valence-corrected chi connectivity index (χ1v) is 13.4. The van der Waals surface area contributed by atoms with Gasteiger partial charge in [-0.3, -0.25) is 14.6 Å². The molecule has 0 fully saturated rings. The lowest BCUT2D eigenvalue weighted by Crippen LogP contribution is -2.40. The summed E-state index contributed by atoms with van der Waals surface area (Å²) < 4.78 is 35.5. The maximum Gasteiger partial charge on any atom is 0.290 e. The molecule has 2 aromatic heterocycles. The number of pyridine rings is 1. The minimum Gasteiger partial charge on any atom is -0.482 e. The minimum atomic E-state index is -3.33. The second kappa shape index (κ2) is 10.4. The Morgan fingerprint density at radius 3 is 2.59 bits per heavy atom. The predicted octanol–water partition coefficient (Wildman–Crippen LogP) is 4.83. The molecular formula is C29H33F2N5O3. The van der Waals surface area contributed by atoms with Crippen molar-refractivity contribution >= 4 is 11.8 Å². The third-order valence-electron chi connectivity index (χ3n) is 7.49. The fourth-order valence-electron chi connectivity index (χ4n) is 5.57. The van der Waals surface area contributed by atoms with Gasteiger partial charge in [0.15, 0.2) is 12.3 Å². The van der Waals surface area contributed by atoms with Crippen LogP contribution in [0.25, 0.3) is 5.69 Å². The van der Waals surface area contributed by atoms with E-state index in [1.807, 2.05) is 4.68 Å². The van der Waals surface area contributed by atoms with Crippen molar-refractivity contribution in [2.24, 2.45) is 5.73 Å². The molecule has 2 N–H and O–H groups in total. The largest absolute Gasteiger partial charge is 0.482 e. The fourth-order valence-corrected chi connectivity index (χ4v) is 5.57. The molecule has 3 heterocycles. The van der Waals surface area contributed by atoms with Crippen LogP contribution in [0.4, 0.5) is 8.78 Å². The number of ether oxygens (including phenoxy) is 1. The number of aryl methyl sites for hydroxylation is 1. The number of carbonyl (C=O) groups is 2. The molecule has 8 nitrogen and oxygen atoms in total. The Hall–Kier alpha value is -3.82. The number of halogens is 2. The van der Waals surface area contributed by atoms with E-state index in [-0.39, 0.29) is 23.3 Å². The highest BCUT2D eigenvalue weighted by Crippen LogP contribution is 2.41. The van der Waals surface area contributed by atoms with Gasteiger partial charge in [-0.05, 0) is 48.9 Å². The van der Waals surface area contributed by atoms with E-state index in [0.717, 1.165) is 54.5 Å². The summed E-state index contributed by atoms with van der Waals surface area (Å²) in [4.78, 5) is 30.7. The third kappa shape index (κ3) is 5.24. The molecule has 1 aliphatic heterocycles. The van der Waals surface area contributed by atoms with Crippen LogP contribution >= 0.6 is 0 Å². The molecule has 5 rings (SSSR count). The predicted molar refractivity (Wildman–Crippen MR) is 141 cm³/mol. The minimum absolute atomic E-state index is 0.119. The Kier molecular flexibility index (Phi) is 7.13. The van der Waals surface area contributed by atoms with Crippen LogP contribution in [-0.4, -0.2) is 44.6 Å². The lowest BCUT2D eigenvalue weighted by atomic mass is 9.93. The van der Waals surface area contributed by atoms with Crippen LogP contribution in [0.15, 0.2) is 36.5 Å². The summed E-state index contributed by atoms with van der Waals surface area (Å²) in [5.74, 6) is -4.36. The van der Waals surface area contributed by atoms with E-state index < -0.39 is 24.1 Å². The average Bonchev–Trinajstić information content (AvgIpc) is 3.13. The molecule has 0 radical (unpaired) electrons. The average molecular weight is 538 g/mol. The van der Waals surface area contributed by atoms with Crippen molar-refractivity contribution in [2.75, 3.05) is 13.2 Å². The highest BCUT2D eigenvalue weighted by atomic mass is 19.3. The summed E-state index contributed by atoms with van der Waals surface area (Å²) in [6.45, 7) is 4.86. The van der Waals surface area contributed by atoms with E-state index in [9.17, 15) is 18.4 Å². The second-order valence-corrected chi connectivity index (χ2v) is 10.7. The number of rotatable bonds is 7. The number of primary amides is 1. The smallest absolute Gasteiger partial charge is 0.290 e. The molecule has 0 saturated heterocycles. The third-order valence-corrected chi connectivity index (χ3v) is 7.49. The zero-order valence-electron chi connectivity index (χ0n) is 22.4. The molecule has 3 aromatic rings. The van der Waals surface area contributed by atoms with Gasteiger partial charge in [0.25, 0.3) is 17.7 Å². The molecule has 206 valence electrons. The normalized spacial score (nSPS) is 17.1. The summed E-state index contributed by atoms with van der Waals surface area (Å²) in [5, 5.41) is 5.00. The number of hydrogen-bond donors (Lipinski definition) is 1. The first kappa shape index (κ1) is 26.8. The Labute approximate surface area is 226 Å². The lowest BCUT2D eigenvalue weighted by Gasteiger charge is -2.36. The van der Waals surface area contributed by atoms with Gasteiger partial charge < -0.3 is 15.4 Å². The van der Waals surface area contributed by atoms with Crippen molar-refractivity contribution in [2.45, 2.75) is 70.8 Å². The topological polar surface area (TPSA) is 103 Å². The number of aromatic nitrogens is 3. The molecule has 0 saturated carbocycles. The Morgan fingerprint density at radius 2 is 1.92 bits per heavy atom. The second-order valence-electron chi connectivity index (χ2n) is 10.7. The summed E-state index contributed by atoms with van der Waals surface area (Å²) in [7, 11) is 0. The van der Waals surface area contributed by atoms with Crippen molar-refractivity contribution in [3.05, 3.63) is 70.3 Å². The van der Waals surface area contributed by atoms with Crippen molar-refractivity contribution < 1.29 is 23.1 Å². The van der Waals surface area contributed by atoms with E-state index in [4.69, 9.17) is 15.6 Å². The highest BCUT2D eigenvalue weighted by molar-refractivity contribution is 5.95. The number of nitrogens with two attached hydrogens (primary N) is 1. The Morgan fingerprint density at radius 1 is 1.18 bits per heavy atom. The van der Waals surface area contributed by atoms with Crippen molar-refractivity contribution in [1.29, 1.82) is 0 Å². The number of nitrogens with zero attached hydrogens (tertiary/aromatic N) is 4. The van der Waals surface area contributed by atoms with Crippen LogP contribution in [0.3, 0.4) is 0 Å². The van der Waals surface area contributed by atoms with Crippen molar-refractivity contribution in [3.8, 4) is 11.4 Å². The van der Waals surface area contributed by atoms with Crippen LogP contribution in [0, 0.1) is 0 Å². The lowest BCUT2D eigenvalue weighted by molar-refractivity contribution is -0.120. The maximum absolute atomic E-state index is 14.1. The van der Waals surface area contributed by atoms with E-state index in [1.165, 1.54) is 11.6 Å². The first-order valence-electron chi connectivity index (χ1n) is 13.4. The molecule has 1 unspecified atom stereocenters. The van der Waals surface area contributed by atoms with Crippen LogP contribution in [0.5, 0.6) is 5.75 Å². The van der Waals surface area contributed by atoms with Crippen LogP contribution in [-0.2, 0) is 23.6 Å². The fraction of sp³-hybridized carbons (Fsp3) is 0.448. The van der Waals surface area contributed by atoms with Gasteiger partial charge in [-0.25, -0.2) is 4.68 Å². The van der Waals surface area contributed by atoms with E-state index in [0.29, 0.717) is 25.8 Å². The zero-order valence-corrected chi connectivity index (χ0v) is 22.4. The molecule has 39 heavy (non-hydrogen) atoms.